The van der Waals surface area contributed by atoms with E-state index in [1.807, 2.05) is 0 Å². The monoisotopic (exact) mass is 290 g/mol. The highest BCUT2D eigenvalue weighted by atomic mass is 16.5. The van der Waals surface area contributed by atoms with Gasteiger partial charge in [0, 0.05) is 11.5 Å². The van der Waals surface area contributed by atoms with Crippen LogP contribution in [0.25, 0.3) is 0 Å². The van der Waals surface area contributed by atoms with E-state index in [-0.39, 0.29) is 19.8 Å². The van der Waals surface area contributed by atoms with Crippen LogP contribution >= 0.6 is 0 Å². The zero-order valence-corrected chi connectivity index (χ0v) is 12.8. The van der Waals surface area contributed by atoms with Gasteiger partial charge < -0.3 is 20.1 Å². The average molecular weight is 290 g/mol. The van der Waals surface area contributed by atoms with Crippen LogP contribution in [0.5, 0.6) is 0 Å². The molecule has 0 aromatic carbocycles. The molecule has 0 amide bonds. The van der Waals surface area contributed by atoms with Crippen LogP contribution in [-0.2, 0) is 9.53 Å². The van der Waals surface area contributed by atoms with Crippen LogP contribution in [0.15, 0.2) is 12.7 Å². The third-order valence-electron chi connectivity index (χ3n) is 3.18. The van der Waals surface area contributed by atoms with E-state index in [1.54, 1.807) is 0 Å². The van der Waals surface area contributed by atoms with Crippen LogP contribution in [0.1, 0.15) is 45.4 Å². The van der Waals surface area contributed by atoms with Crippen molar-refractivity contribution in [2.24, 2.45) is 5.41 Å². The molecule has 120 valence electrons. The van der Waals surface area contributed by atoms with Crippen molar-refractivity contribution in [2.75, 3.05) is 26.9 Å². The number of carbonyl (C=O) groups is 1. The molecule has 0 aromatic heterocycles. The molecule has 0 aliphatic rings. The van der Waals surface area contributed by atoms with Crippen LogP contribution in [0.2, 0.25) is 0 Å². The third-order valence-corrected chi connectivity index (χ3v) is 3.18. The van der Waals surface area contributed by atoms with Gasteiger partial charge in [-0.25, -0.2) is 4.79 Å². The minimum Gasteiger partial charge on any atom is -0.466 e. The molecule has 0 aliphatic heterocycles. The summed E-state index contributed by atoms with van der Waals surface area (Å²) < 4.78 is 4.14. The first-order valence-electron chi connectivity index (χ1n) is 7.08. The average Bonchev–Trinajstić information content (AvgIpc) is 2.51. The largest absolute Gasteiger partial charge is 0.466 e. The van der Waals surface area contributed by atoms with E-state index in [2.05, 4.69) is 18.2 Å². The summed E-state index contributed by atoms with van der Waals surface area (Å²) in [6.45, 7) is 4.93. The molecule has 0 unspecified atom stereocenters. The van der Waals surface area contributed by atoms with Crippen molar-refractivity contribution in [1.29, 1.82) is 0 Å². The summed E-state index contributed by atoms with van der Waals surface area (Å²) in [5.74, 6) is -0.394. The summed E-state index contributed by atoms with van der Waals surface area (Å²) in [5.41, 5.74) is -0.661. The Labute approximate surface area is 122 Å². The number of methoxy groups -OCH3 is 1. The minimum atomic E-state index is -0.661. The second kappa shape index (κ2) is 14.5. The maximum absolute atomic E-state index is 9.84. The van der Waals surface area contributed by atoms with Gasteiger partial charge in [0.15, 0.2) is 0 Å². The van der Waals surface area contributed by atoms with Gasteiger partial charge in [-0.2, -0.15) is 0 Å². The number of ether oxygens (including phenoxy) is 1. The Hall–Kier alpha value is -0.910. The number of rotatable bonds is 10. The van der Waals surface area contributed by atoms with Gasteiger partial charge in [0.1, 0.15) is 0 Å². The van der Waals surface area contributed by atoms with E-state index in [9.17, 15) is 4.79 Å². The van der Waals surface area contributed by atoms with Gasteiger partial charge in [0.2, 0.25) is 0 Å². The lowest BCUT2D eigenvalue weighted by Gasteiger charge is -2.27. The lowest BCUT2D eigenvalue weighted by molar-refractivity contribution is -0.134. The van der Waals surface area contributed by atoms with Gasteiger partial charge in [-0.15, -0.1) is 0 Å². The standard InChI is InChI=1S/C11H24O3.C4H6O2/c1-2-3-4-5-6-7-11(8-12,9-13)10-14;1-3-4(5)6-2/h12-14H,2-10H2,1H3;3H,1H2,2H3. The van der Waals surface area contributed by atoms with Crippen LogP contribution in [0, 0.1) is 5.41 Å². The molecular weight excluding hydrogens is 260 g/mol. The Morgan fingerprint density at radius 1 is 1.10 bits per heavy atom. The second-order valence-electron chi connectivity index (χ2n) is 4.87. The van der Waals surface area contributed by atoms with Crippen molar-refractivity contribution in [2.45, 2.75) is 45.4 Å². The normalized spacial score (nSPS) is 10.4. The molecule has 0 aromatic rings. The Balaban J connectivity index is 0. The molecule has 0 radical (unpaired) electrons. The quantitative estimate of drug-likeness (QED) is 0.323. The van der Waals surface area contributed by atoms with Gasteiger partial charge >= 0.3 is 5.97 Å². The smallest absolute Gasteiger partial charge is 0.329 e. The predicted molar refractivity (Wildman–Crippen MR) is 79.3 cm³/mol. The van der Waals surface area contributed by atoms with E-state index in [0.29, 0.717) is 6.42 Å². The highest BCUT2D eigenvalue weighted by Crippen LogP contribution is 2.23. The zero-order chi connectivity index (χ0) is 15.9. The van der Waals surface area contributed by atoms with Crippen LogP contribution < -0.4 is 0 Å². The molecule has 0 heterocycles. The fourth-order valence-corrected chi connectivity index (χ4v) is 1.57. The topological polar surface area (TPSA) is 87.0 Å². The molecule has 5 heteroatoms. The summed E-state index contributed by atoms with van der Waals surface area (Å²) in [7, 11) is 1.31. The first kappa shape index (κ1) is 21.4. The van der Waals surface area contributed by atoms with Gasteiger partial charge in [-0.05, 0) is 6.42 Å². The summed E-state index contributed by atoms with van der Waals surface area (Å²) in [6, 6.07) is 0. The molecule has 0 saturated heterocycles. The summed E-state index contributed by atoms with van der Waals surface area (Å²) in [6.07, 6.45) is 7.57. The molecule has 0 fully saturated rings. The Kier molecular flexibility index (Phi) is 15.5. The molecular formula is C15H30O5. The van der Waals surface area contributed by atoms with Crippen molar-refractivity contribution in [3.8, 4) is 0 Å². The minimum absolute atomic E-state index is 0.131. The number of carbonyl (C=O) groups excluding carboxylic acids is 1. The first-order valence-corrected chi connectivity index (χ1v) is 7.08. The van der Waals surface area contributed by atoms with Gasteiger partial charge in [-0.3, -0.25) is 0 Å². The number of unbranched alkanes of at least 4 members (excludes halogenated alkanes) is 4. The Bertz CT molecular complexity index is 228. The highest BCUT2D eigenvalue weighted by molar-refractivity contribution is 5.80. The van der Waals surface area contributed by atoms with Gasteiger partial charge in [0.25, 0.3) is 0 Å². The Morgan fingerprint density at radius 2 is 1.60 bits per heavy atom. The van der Waals surface area contributed by atoms with Crippen molar-refractivity contribution in [3.63, 3.8) is 0 Å². The van der Waals surface area contributed by atoms with Crippen molar-refractivity contribution in [1.82, 2.24) is 0 Å². The number of hydrogen-bond donors (Lipinski definition) is 3. The van der Waals surface area contributed by atoms with Crippen LogP contribution in [0.3, 0.4) is 0 Å². The number of aliphatic hydroxyl groups excluding tert-OH is 3. The zero-order valence-electron chi connectivity index (χ0n) is 12.8. The maximum Gasteiger partial charge on any atom is 0.329 e. The molecule has 20 heavy (non-hydrogen) atoms. The molecule has 0 spiro atoms. The number of aliphatic hydroxyl groups is 3. The number of esters is 1. The van der Waals surface area contributed by atoms with Crippen molar-refractivity contribution >= 4 is 5.97 Å². The molecule has 0 rings (SSSR count). The summed E-state index contributed by atoms with van der Waals surface area (Å²) in [5, 5.41) is 27.2. The van der Waals surface area contributed by atoms with Crippen LogP contribution in [0.4, 0.5) is 0 Å². The van der Waals surface area contributed by atoms with E-state index >= 15 is 0 Å². The van der Waals surface area contributed by atoms with Gasteiger partial charge in [-0.1, -0.05) is 45.6 Å². The molecule has 0 saturated carbocycles. The fourth-order valence-electron chi connectivity index (χ4n) is 1.57. The fraction of sp³-hybridized carbons (Fsp3) is 0.800. The summed E-state index contributed by atoms with van der Waals surface area (Å²) >= 11 is 0. The third kappa shape index (κ3) is 11.0. The highest BCUT2D eigenvalue weighted by Gasteiger charge is 2.26. The maximum atomic E-state index is 9.84. The first-order chi connectivity index (χ1) is 9.55. The molecule has 0 atom stereocenters. The molecule has 5 nitrogen and oxygen atoms in total. The lowest BCUT2D eigenvalue weighted by Crippen LogP contribution is -2.33. The lowest BCUT2D eigenvalue weighted by atomic mass is 9.85. The molecule has 3 N–H and O–H groups in total. The van der Waals surface area contributed by atoms with E-state index in [4.69, 9.17) is 15.3 Å². The Morgan fingerprint density at radius 3 is 1.90 bits per heavy atom. The second-order valence-corrected chi connectivity index (χ2v) is 4.87. The van der Waals surface area contributed by atoms with Crippen LogP contribution in [-0.4, -0.2) is 48.2 Å². The van der Waals surface area contributed by atoms with Gasteiger partial charge in [0.05, 0.1) is 26.9 Å². The van der Waals surface area contributed by atoms with E-state index in [0.717, 1.165) is 18.9 Å². The molecule has 0 aliphatic carbocycles. The molecule has 0 bridgehead atoms. The SMILES string of the molecule is C=CC(=O)OC.CCCCCCCC(CO)(CO)CO. The van der Waals surface area contributed by atoms with Crippen molar-refractivity contribution < 1.29 is 24.9 Å². The summed E-state index contributed by atoms with van der Waals surface area (Å²) in [4.78, 5) is 9.84. The van der Waals surface area contributed by atoms with E-state index < -0.39 is 11.4 Å². The number of hydrogen-bond acceptors (Lipinski definition) is 5. The predicted octanol–water partition coefficient (Wildman–Crippen LogP) is 1.66. The van der Waals surface area contributed by atoms with E-state index in [1.165, 1.54) is 26.4 Å². The van der Waals surface area contributed by atoms with Crippen molar-refractivity contribution in [3.05, 3.63) is 12.7 Å².